The first-order valence-corrected chi connectivity index (χ1v) is 5.54. The van der Waals surface area contributed by atoms with Crippen molar-refractivity contribution in [2.24, 2.45) is 0 Å². The molecule has 2 heterocycles. The summed E-state index contributed by atoms with van der Waals surface area (Å²) in [7, 11) is 1.76. The molecule has 0 spiro atoms. The van der Waals surface area contributed by atoms with Crippen LogP contribution in [0.5, 0.6) is 0 Å². The van der Waals surface area contributed by atoms with E-state index in [0.717, 1.165) is 13.2 Å². The molecule has 0 radical (unpaired) electrons. The summed E-state index contributed by atoms with van der Waals surface area (Å²) in [4.78, 5) is 6.67. The molecule has 1 saturated heterocycles. The fourth-order valence-corrected chi connectivity index (χ4v) is 2.25. The number of aromatic nitrogens is 1. The van der Waals surface area contributed by atoms with Crippen LogP contribution in [0.25, 0.3) is 0 Å². The highest BCUT2D eigenvalue weighted by Gasteiger charge is 2.25. The third-order valence-electron chi connectivity index (χ3n) is 3.02. The maximum atomic E-state index is 5.13. The van der Waals surface area contributed by atoms with E-state index in [1.807, 2.05) is 18.5 Å². The third kappa shape index (κ3) is 2.55. The molecular formula is C12H18N2O. The molecule has 0 saturated carbocycles. The van der Waals surface area contributed by atoms with Crippen molar-refractivity contribution in [3.05, 3.63) is 30.1 Å². The molecule has 0 bridgehead atoms. The Hall–Kier alpha value is -0.930. The van der Waals surface area contributed by atoms with Crippen molar-refractivity contribution in [3.63, 3.8) is 0 Å². The van der Waals surface area contributed by atoms with Crippen LogP contribution in [0.2, 0.25) is 0 Å². The largest absolute Gasteiger partial charge is 0.383 e. The monoisotopic (exact) mass is 206 g/mol. The molecule has 1 aromatic heterocycles. The van der Waals surface area contributed by atoms with E-state index in [9.17, 15) is 0 Å². The summed E-state index contributed by atoms with van der Waals surface area (Å²) in [5, 5.41) is 0. The minimum absolute atomic E-state index is 0.550. The molecular weight excluding hydrogens is 188 g/mol. The molecule has 1 fully saturated rings. The van der Waals surface area contributed by atoms with Gasteiger partial charge in [0.1, 0.15) is 0 Å². The van der Waals surface area contributed by atoms with Crippen LogP contribution in [-0.4, -0.2) is 36.7 Å². The van der Waals surface area contributed by atoms with E-state index in [1.165, 1.54) is 24.9 Å². The molecule has 15 heavy (non-hydrogen) atoms. The molecule has 2 rings (SSSR count). The average Bonchev–Trinajstić information content (AvgIpc) is 2.75. The fraction of sp³-hybridized carbons (Fsp3) is 0.583. The molecule has 3 nitrogen and oxygen atoms in total. The quantitative estimate of drug-likeness (QED) is 0.752. The molecule has 1 aliphatic heterocycles. The molecule has 1 unspecified atom stereocenters. The van der Waals surface area contributed by atoms with Crippen LogP contribution in [0.1, 0.15) is 24.4 Å². The van der Waals surface area contributed by atoms with Crippen molar-refractivity contribution in [1.82, 2.24) is 9.88 Å². The Bertz CT molecular complexity index is 289. The molecule has 0 aliphatic carbocycles. The molecule has 1 aromatic rings. The van der Waals surface area contributed by atoms with Crippen LogP contribution in [0.3, 0.4) is 0 Å². The second-order valence-corrected chi connectivity index (χ2v) is 3.97. The zero-order valence-electron chi connectivity index (χ0n) is 9.22. The fourth-order valence-electron chi connectivity index (χ4n) is 2.25. The Labute approximate surface area is 91.1 Å². The first-order chi connectivity index (χ1) is 7.42. The lowest BCUT2D eigenvalue weighted by Crippen LogP contribution is -2.27. The summed E-state index contributed by atoms with van der Waals surface area (Å²) in [5.74, 6) is 0. The first kappa shape index (κ1) is 10.6. The lowest BCUT2D eigenvalue weighted by atomic mass is 10.1. The minimum atomic E-state index is 0.550. The highest BCUT2D eigenvalue weighted by Crippen LogP contribution is 2.30. The number of hydrogen-bond acceptors (Lipinski definition) is 3. The highest BCUT2D eigenvalue weighted by atomic mass is 16.5. The Morgan fingerprint density at radius 3 is 3.27 bits per heavy atom. The van der Waals surface area contributed by atoms with E-state index in [4.69, 9.17) is 4.74 Å². The van der Waals surface area contributed by atoms with Gasteiger partial charge in [0.2, 0.25) is 0 Å². The lowest BCUT2D eigenvalue weighted by Gasteiger charge is -2.23. The van der Waals surface area contributed by atoms with E-state index in [2.05, 4.69) is 16.0 Å². The summed E-state index contributed by atoms with van der Waals surface area (Å²) >= 11 is 0. The van der Waals surface area contributed by atoms with Crippen molar-refractivity contribution in [1.29, 1.82) is 0 Å². The molecule has 0 aromatic carbocycles. The number of hydrogen-bond donors (Lipinski definition) is 0. The summed E-state index contributed by atoms with van der Waals surface area (Å²) in [6.45, 7) is 3.02. The smallest absolute Gasteiger partial charge is 0.0589 e. The normalized spacial score (nSPS) is 22.1. The molecule has 3 heteroatoms. The number of nitrogens with zero attached hydrogens (tertiary/aromatic N) is 2. The first-order valence-electron chi connectivity index (χ1n) is 5.54. The van der Waals surface area contributed by atoms with Gasteiger partial charge in [-0.2, -0.15) is 0 Å². The van der Waals surface area contributed by atoms with Gasteiger partial charge in [-0.1, -0.05) is 6.07 Å². The molecule has 1 aliphatic rings. The molecule has 0 N–H and O–H groups in total. The third-order valence-corrected chi connectivity index (χ3v) is 3.02. The standard InChI is InChI=1S/C12H18N2O/c1-15-9-8-14-7-3-5-12(14)11-4-2-6-13-10-11/h2,4,6,10,12H,3,5,7-9H2,1H3. The lowest BCUT2D eigenvalue weighted by molar-refractivity contribution is 0.141. The average molecular weight is 206 g/mol. The van der Waals surface area contributed by atoms with Crippen LogP contribution >= 0.6 is 0 Å². The van der Waals surface area contributed by atoms with E-state index >= 15 is 0 Å². The molecule has 0 amide bonds. The van der Waals surface area contributed by atoms with Gasteiger partial charge in [-0.3, -0.25) is 9.88 Å². The number of ether oxygens (including phenoxy) is 1. The van der Waals surface area contributed by atoms with Crippen LogP contribution < -0.4 is 0 Å². The maximum Gasteiger partial charge on any atom is 0.0589 e. The van der Waals surface area contributed by atoms with Gasteiger partial charge in [-0.15, -0.1) is 0 Å². The second kappa shape index (κ2) is 5.24. The SMILES string of the molecule is COCCN1CCCC1c1cccnc1. The zero-order valence-corrected chi connectivity index (χ0v) is 9.22. The molecule has 1 atom stereocenters. The van der Waals surface area contributed by atoms with E-state index in [-0.39, 0.29) is 0 Å². The predicted octanol–water partition coefficient (Wildman–Crippen LogP) is 1.86. The van der Waals surface area contributed by atoms with Gasteiger partial charge >= 0.3 is 0 Å². The van der Waals surface area contributed by atoms with Gasteiger partial charge in [-0.25, -0.2) is 0 Å². The summed E-state index contributed by atoms with van der Waals surface area (Å²) in [6.07, 6.45) is 6.34. The van der Waals surface area contributed by atoms with Crippen molar-refractivity contribution in [3.8, 4) is 0 Å². The van der Waals surface area contributed by atoms with Crippen LogP contribution in [-0.2, 0) is 4.74 Å². The van der Waals surface area contributed by atoms with Crippen LogP contribution in [0.4, 0.5) is 0 Å². The zero-order chi connectivity index (χ0) is 10.5. The summed E-state index contributed by atoms with van der Waals surface area (Å²) < 4.78 is 5.13. The van der Waals surface area contributed by atoms with Gasteiger partial charge < -0.3 is 4.74 Å². The van der Waals surface area contributed by atoms with Gasteiger partial charge in [0, 0.05) is 32.1 Å². The van der Waals surface area contributed by atoms with Gasteiger partial charge in [0.15, 0.2) is 0 Å². The van der Waals surface area contributed by atoms with E-state index in [1.54, 1.807) is 7.11 Å². The van der Waals surface area contributed by atoms with E-state index < -0.39 is 0 Å². The number of rotatable bonds is 4. The van der Waals surface area contributed by atoms with Gasteiger partial charge in [-0.05, 0) is 31.0 Å². The van der Waals surface area contributed by atoms with Gasteiger partial charge in [0.05, 0.1) is 6.61 Å². The highest BCUT2D eigenvalue weighted by molar-refractivity contribution is 5.15. The van der Waals surface area contributed by atoms with E-state index in [0.29, 0.717) is 6.04 Å². The van der Waals surface area contributed by atoms with Crippen molar-refractivity contribution in [2.75, 3.05) is 26.8 Å². The minimum Gasteiger partial charge on any atom is -0.383 e. The summed E-state index contributed by atoms with van der Waals surface area (Å²) in [5.41, 5.74) is 1.34. The van der Waals surface area contributed by atoms with Crippen LogP contribution in [0.15, 0.2) is 24.5 Å². The topological polar surface area (TPSA) is 25.4 Å². The number of likely N-dealkylation sites (tertiary alicyclic amines) is 1. The Balaban J connectivity index is 2.01. The Morgan fingerprint density at radius 1 is 1.60 bits per heavy atom. The van der Waals surface area contributed by atoms with Gasteiger partial charge in [0.25, 0.3) is 0 Å². The maximum absolute atomic E-state index is 5.13. The Kier molecular flexibility index (Phi) is 3.69. The van der Waals surface area contributed by atoms with Crippen LogP contribution in [0, 0.1) is 0 Å². The Morgan fingerprint density at radius 2 is 2.53 bits per heavy atom. The van der Waals surface area contributed by atoms with Crippen molar-refractivity contribution in [2.45, 2.75) is 18.9 Å². The number of pyridine rings is 1. The van der Waals surface area contributed by atoms with Crippen molar-refractivity contribution >= 4 is 0 Å². The second-order valence-electron chi connectivity index (χ2n) is 3.97. The van der Waals surface area contributed by atoms with Crippen molar-refractivity contribution < 1.29 is 4.74 Å². The summed E-state index contributed by atoms with van der Waals surface area (Å²) in [6, 6.07) is 4.74. The molecule has 82 valence electrons. The predicted molar refractivity (Wildman–Crippen MR) is 59.7 cm³/mol. The number of methoxy groups -OCH3 is 1.